The fourth-order valence-electron chi connectivity index (χ4n) is 1.86. The Kier molecular flexibility index (Phi) is 2.45. The summed E-state index contributed by atoms with van der Waals surface area (Å²) in [6.45, 7) is 0. The highest BCUT2D eigenvalue weighted by Gasteiger charge is 2.46. The molecule has 0 saturated heterocycles. The molecule has 74 valence electrons. The summed E-state index contributed by atoms with van der Waals surface area (Å²) in [5, 5.41) is 9.03. The zero-order chi connectivity index (χ0) is 10.1. The highest BCUT2D eigenvalue weighted by atomic mass is 16.4. The van der Waals surface area contributed by atoms with Gasteiger partial charge in [0.15, 0.2) is 0 Å². The second-order valence-electron chi connectivity index (χ2n) is 3.44. The molecule has 0 bridgehead atoms. The molecule has 1 rings (SSSR count). The predicted octanol–water partition coefficient (Wildman–Crippen LogP) is 0.394. The van der Waals surface area contributed by atoms with Crippen LogP contribution < -0.4 is 5.73 Å². The van der Waals surface area contributed by atoms with E-state index in [2.05, 4.69) is 0 Å². The molecule has 1 aliphatic rings. The van der Waals surface area contributed by atoms with Gasteiger partial charge in [0.25, 0.3) is 0 Å². The number of amides is 2. The summed E-state index contributed by atoms with van der Waals surface area (Å²) in [5.74, 6) is -0.952. The van der Waals surface area contributed by atoms with Crippen LogP contribution in [0.25, 0.3) is 0 Å². The van der Waals surface area contributed by atoms with Crippen molar-refractivity contribution in [2.24, 2.45) is 5.73 Å². The summed E-state index contributed by atoms with van der Waals surface area (Å²) >= 11 is 0. The van der Waals surface area contributed by atoms with E-state index in [0.29, 0.717) is 12.8 Å². The minimum Gasteiger partial charge on any atom is -0.479 e. The fourth-order valence-corrected chi connectivity index (χ4v) is 1.86. The molecule has 0 heterocycles. The number of rotatable bonds is 2. The van der Waals surface area contributed by atoms with Crippen LogP contribution in [0.4, 0.5) is 4.79 Å². The molecule has 0 aromatic carbocycles. The summed E-state index contributed by atoms with van der Waals surface area (Å²) in [6.07, 6.45) is 2.68. The van der Waals surface area contributed by atoms with Gasteiger partial charge >= 0.3 is 12.0 Å². The first-order chi connectivity index (χ1) is 6.00. The van der Waals surface area contributed by atoms with Crippen molar-refractivity contribution >= 4 is 12.0 Å². The zero-order valence-corrected chi connectivity index (χ0v) is 7.62. The van der Waals surface area contributed by atoms with Crippen LogP contribution in [0.3, 0.4) is 0 Å². The average Bonchev–Trinajstić information content (AvgIpc) is 2.51. The predicted molar refractivity (Wildman–Crippen MR) is 46.2 cm³/mol. The highest BCUT2D eigenvalue weighted by molar-refractivity contribution is 5.85. The van der Waals surface area contributed by atoms with Gasteiger partial charge in [-0.1, -0.05) is 12.8 Å². The molecule has 1 fully saturated rings. The molecule has 5 nitrogen and oxygen atoms in total. The molecule has 3 N–H and O–H groups in total. The molecule has 1 saturated carbocycles. The van der Waals surface area contributed by atoms with Gasteiger partial charge in [0.05, 0.1) is 0 Å². The summed E-state index contributed by atoms with van der Waals surface area (Å²) < 4.78 is 0. The zero-order valence-electron chi connectivity index (χ0n) is 7.62. The second kappa shape index (κ2) is 3.24. The van der Waals surface area contributed by atoms with Crippen molar-refractivity contribution in [2.75, 3.05) is 7.05 Å². The van der Waals surface area contributed by atoms with Crippen LogP contribution in [-0.4, -0.2) is 34.6 Å². The van der Waals surface area contributed by atoms with Crippen LogP contribution in [0.1, 0.15) is 25.7 Å². The van der Waals surface area contributed by atoms with Crippen molar-refractivity contribution in [3.05, 3.63) is 0 Å². The van der Waals surface area contributed by atoms with E-state index < -0.39 is 17.5 Å². The van der Waals surface area contributed by atoms with Crippen LogP contribution in [0.15, 0.2) is 0 Å². The average molecular weight is 186 g/mol. The van der Waals surface area contributed by atoms with Crippen molar-refractivity contribution in [3.8, 4) is 0 Å². The molecule has 2 amide bonds. The Hall–Kier alpha value is -1.26. The molecule has 0 unspecified atom stereocenters. The summed E-state index contributed by atoms with van der Waals surface area (Å²) in [6, 6.07) is -0.677. The molecular formula is C8H14N2O3. The third-order valence-electron chi connectivity index (χ3n) is 2.80. The molecule has 0 aromatic rings. The molecule has 0 atom stereocenters. The van der Waals surface area contributed by atoms with Crippen molar-refractivity contribution in [2.45, 2.75) is 31.2 Å². The lowest BCUT2D eigenvalue weighted by molar-refractivity contribution is -0.148. The van der Waals surface area contributed by atoms with Crippen LogP contribution >= 0.6 is 0 Å². The molecule has 1 aliphatic carbocycles. The molecule has 5 heteroatoms. The first-order valence-electron chi connectivity index (χ1n) is 4.27. The maximum absolute atomic E-state index is 11.0. The summed E-state index contributed by atoms with van der Waals surface area (Å²) in [7, 11) is 1.45. The van der Waals surface area contributed by atoms with E-state index in [1.165, 1.54) is 7.05 Å². The van der Waals surface area contributed by atoms with Crippen molar-refractivity contribution in [1.29, 1.82) is 0 Å². The number of carbonyl (C=O) groups is 2. The molecule has 0 radical (unpaired) electrons. The van der Waals surface area contributed by atoms with Crippen molar-refractivity contribution < 1.29 is 14.7 Å². The first kappa shape index (κ1) is 9.83. The van der Waals surface area contributed by atoms with Crippen LogP contribution in [0.5, 0.6) is 0 Å². The van der Waals surface area contributed by atoms with Gasteiger partial charge in [0.2, 0.25) is 0 Å². The number of nitrogens with two attached hydrogens (primary N) is 1. The third kappa shape index (κ3) is 1.46. The minimum absolute atomic E-state index is 0.502. The van der Waals surface area contributed by atoms with Gasteiger partial charge in [-0.3, -0.25) is 0 Å². The number of carbonyl (C=O) groups excluding carboxylic acids is 1. The Balaban J connectivity index is 2.90. The Morgan fingerprint density at radius 2 is 1.85 bits per heavy atom. The third-order valence-corrected chi connectivity index (χ3v) is 2.80. The standard InChI is InChI=1S/C8H14N2O3/c1-10(7(9)13)8(6(11)12)4-2-3-5-8/h2-5H2,1H3,(H2,9,13)(H,11,12). The topological polar surface area (TPSA) is 83.6 Å². The van der Waals surface area contributed by atoms with E-state index in [1.54, 1.807) is 0 Å². The lowest BCUT2D eigenvalue weighted by atomic mass is 9.96. The van der Waals surface area contributed by atoms with Crippen LogP contribution in [-0.2, 0) is 4.79 Å². The van der Waals surface area contributed by atoms with Crippen molar-refractivity contribution in [3.63, 3.8) is 0 Å². The highest BCUT2D eigenvalue weighted by Crippen LogP contribution is 2.34. The van der Waals surface area contributed by atoms with Gasteiger partial charge in [0.1, 0.15) is 5.54 Å². The van der Waals surface area contributed by atoms with Gasteiger partial charge in [-0.15, -0.1) is 0 Å². The van der Waals surface area contributed by atoms with E-state index in [0.717, 1.165) is 17.7 Å². The van der Waals surface area contributed by atoms with Gasteiger partial charge in [-0.25, -0.2) is 9.59 Å². The molecule has 0 aromatic heterocycles. The molecule has 0 aliphatic heterocycles. The van der Waals surface area contributed by atoms with Crippen LogP contribution in [0.2, 0.25) is 0 Å². The fraction of sp³-hybridized carbons (Fsp3) is 0.750. The number of carboxylic acids is 1. The van der Waals surface area contributed by atoms with E-state index in [9.17, 15) is 9.59 Å². The number of hydrogen-bond acceptors (Lipinski definition) is 2. The molecule has 0 spiro atoms. The lowest BCUT2D eigenvalue weighted by Gasteiger charge is -2.33. The largest absolute Gasteiger partial charge is 0.479 e. The second-order valence-corrected chi connectivity index (χ2v) is 3.44. The maximum atomic E-state index is 11.0. The Morgan fingerprint density at radius 3 is 2.15 bits per heavy atom. The maximum Gasteiger partial charge on any atom is 0.329 e. The van der Waals surface area contributed by atoms with E-state index in [1.807, 2.05) is 0 Å². The van der Waals surface area contributed by atoms with Gasteiger partial charge < -0.3 is 15.7 Å². The molecular weight excluding hydrogens is 172 g/mol. The number of primary amides is 1. The minimum atomic E-state index is -1.05. The number of likely N-dealkylation sites (N-methyl/N-ethyl adjacent to an activating group) is 1. The normalized spacial score (nSPS) is 19.8. The van der Waals surface area contributed by atoms with E-state index in [4.69, 9.17) is 10.8 Å². The summed E-state index contributed by atoms with van der Waals surface area (Å²) in [5.41, 5.74) is 4.01. The quantitative estimate of drug-likeness (QED) is 0.654. The van der Waals surface area contributed by atoms with Gasteiger partial charge in [0, 0.05) is 7.05 Å². The number of hydrogen-bond donors (Lipinski definition) is 2. The number of nitrogens with zero attached hydrogens (tertiary/aromatic N) is 1. The number of aliphatic carboxylic acids is 1. The number of carboxylic acid groups (broad SMARTS) is 1. The van der Waals surface area contributed by atoms with E-state index in [-0.39, 0.29) is 0 Å². The van der Waals surface area contributed by atoms with Crippen molar-refractivity contribution in [1.82, 2.24) is 4.90 Å². The number of urea groups is 1. The van der Waals surface area contributed by atoms with Crippen LogP contribution in [0, 0.1) is 0 Å². The Bertz CT molecular complexity index is 234. The smallest absolute Gasteiger partial charge is 0.329 e. The molecule has 13 heavy (non-hydrogen) atoms. The lowest BCUT2D eigenvalue weighted by Crippen LogP contribution is -2.55. The van der Waals surface area contributed by atoms with E-state index >= 15 is 0 Å². The van der Waals surface area contributed by atoms with Gasteiger partial charge in [-0.05, 0) is 12.8 Å². The summed E-state index contributed by atoms with van der Waals surface area (Å²) in [4.78, 5) is 23.0. The Labute approximate surface area is 76.5 Å². The SMILES string of the molecule is CN(C(N)=O)C1(C(=O)O)CCCC1. The first-order valence-corrected chi connectivity index (χ1v) is 4.27. The monoisotopic (exact) mass is 186 g/mol. The van der Waals surface area contributed by atoms with Gasteiger partial charge in [-0.2, -0.15) is 0 Å². The Morgan fingerprint density at radius 1 is 1.38 bits per heavy atom.